The summed E-state index contributed by atoms with van der Waals surface area (Å²) in [6.45, 7) is 7.89. The summed E-state index contributed by atoms with van der Waals surface area (Å²) in [6.07, 6.45) is -0.173. The third-order valence-corrected chi connectivity index (χ3v) is 4.20. The van der Waals surface area contributed by atoms with Crippen LogP contribution in [-0.2, 0) is 9.53 Å². The van der Waals surface area contributed by atoms with Gasteiger partial charge in [-0.2, -0.15) is 0 Å². The van der Waals surface area contributed by atoms with Crippen LogP contribution in [0, 0.1) is 5.82 Å². The lowest BCUT2D eigenvalue weighted by Crippen LogP contribution is -2.42. The van der Waals surface area contributed by atoms with Gasteiger partial charge in [0.25, 0.3) is 0 Å². The maximum absolute atomic E-state index is 14.5. The molecule has 1 atom stereocenters. The molecule has 0 amide bonds. The Kier molecular flexibility index (Phi) is 7.16. The number of ether oxygens (including phenoxy) is 2. The van der Waals surface area contributed by atoms with E-state index in [0.29, 0.717) is 26.3 Å². The SMILES string of the molecule is CC(C)Oc1cccc(F)c1C(C(=O)O)N(C)CCN1CCOCC1. The molecule has 1 aliphatic rings. The summed E-state index contributed by atoms with van der Waals surface area (Å²) in [5.74, 6) is -1.38. The number of likely N-dealkylation sites (N-methyl/N-ethyl adjacent to an activating group) is 1. The highest BCUT2D eigenvalue weighted by Gasteiger charge is 2.31. The van der Waals surface area contributed by atoms with Crippen molar-refractivity contribution in [2.75, 3.05) is 46.4 Å². The molecular weight excluding hydrogens is 327 g/mol. The van der Waals surface area contributed by atoms with Gasteiger partial charge in [0.15, 0.2) is 0 Å². The summed E-state index contributed by atoms with van der Waals surface area (Å²) < 4.78 is 25.4. The minimum atomic E-state index is -1.10. The van der Waals surface area contributed by atoms with Crippen LogP contribution in [0.4, 0.5) is 4.39 Å². The zero-order valence-electron chi connectivity index (χ0n) is 15.1. The summed E-state index contributed by atoms with van der Waals surface area (Å²) >= 11 is 0. The van der Waals surface area contributed by atoms with E-state index in [4.69, 9.17) is 9.47 Å². The number of benzene rings is 1. The lowest BCUT2D eigenvalue weighted by atomic mass is 10.0. The van der Waals surface area contributed by atoms with Gasteiger partial charge in [-0.3, -0.25) is 14.6 Å². The van der Waals surface area contributed by atoms with E-state index in [-0.39, 0.29) is 17.4 Å². The highest BCUT2D eigenvalue weighted by molar-refractivity contribution is 5.76. The summed E-state index contributed by atoms with van der Waals surface area (Å²) in [7, 11) is 1.70. The van der Waals surface area contributed by atoms with Gasteiger partial charge < -0.3 is 14.6 Å². The van der Waals surface area contributed by atoms with E-state index in [1.54, 1.807) is 18.0 Å². The van der Waals surface area contributed by atoms with Crippen molar-refractivity contribution >= 4 is 5.97 Å². The van der Waals surface area contributed by atoms with Crippen molar-refractivity contribution in [1.29, 1.82) is 0 Å². The van der Waals surface area contributed by atoms with E-state index in [2.05, 4.69) is 4.90 Å². The van der Waals surface area contributed by atoms with Crippen LogP contribution in [0.3, 0.4) is 0 Å². The average molecular weight is 354 g/mol. The number of halogens is 1. The number of hydrogen-bond donors (Lipinski definition) is 1. The van der Waals surface area contributed by atoms with E-state index in [1.165, 1.54) is 12.1 Å². The van der Waals surface area contributed by atoms with Gasteiger partial charge in [0.2, 0.25) is 0 Å². The molecule has 1 N–H and O–H groups in total. The molecule has 140 valence electrons. The van der Waals surface area contributed by atoms with Crippen LogP contribution in [0.1, 0.15) is 25.5 Å². The Morgan fingerprint density at radius 2 is 2.08 bits per heavy atom. The van der Waals surface area contributed by atoms with Crippen molar-refractivity contribution in [3.63, 3.8) is 0 Å². The Hall–Kier alpha value is -1.70. The van der Waals surface area contributed by atoms with E-state index < -0.39 is 17.8 Å². The molecule has 1 fully saturated rings. The first-order chi connectivity index (χ1) is 11.9. The number of carbonyl (C=O) groups is 1. The highest BCUT2D eigenvalue weighted by atomic mass is 19.1. The molecule has 1 heterocycles. The molecule has 1 saturated heterocycles. The first-order valence-corrected chi connectivity index (χ1v) is 8.58. The van der Waals surface area contributed by atoms with Gasteiger partial charge in [-0.1, -0.05) is 6.07 Å². The van der Waals surface area contributed by atoms with Crippen molar-refractivity contribution in [2.45, 2.75) is 26.0 Å². The summed E-state index contributed by atoms with van der Waals surface area (Å²) in [5.41, 5.74) is 0.0770. The number of morpholine rings is 1. The van der Waals surface area contributed by atoms with Gasteiger partial charge in [-0.25, -0.2) is 4.39 Å². The third kappa shape index (κ3) is 5.39. The normalized spacial score (nSPS) is 17.0. The molecule has 7 heteroatoms. The highest BCUT2D eigenvalue weighted by Crippen LogP contribution is 2.32. The predicted octanol–water partition coefficient (Wildman–Crippen LogP) is 2.00. The number of hydrogen-bond acceptors (Lipinski definition) is 5. The molecule has 6 nitrogen and oxygen atoms in total. The molecule has 25 heavy (non-hydrogen) atoms. The van der Waals surface area contributed by atoms with E-state index in [9.17, 15) is 14.3 Å². The number of nitrogens with zero attached hydrogens (tertiary/aromatic N) is 2. The van der Waals surface area contributed by atoms with Gasteiger partial charge in [0.1, 0.15) is 17.6 Å². The van der Waals surface area contributed by atoms with Gasteiger partial charge >= 0.3 is 5.97 Å². The summed E-state index contributed by atoms with van der Waals surface area (Å²) in [6, 6.07) is 3.32. The maximum Gasteiger partial charge on any atom is 0.325 e. The lowest BCUT2D eigenvalue weighted by Gasteiger charge is -2.31. The summed E-state index contributed by atoms with van der Waals surface area (Å²) in [4.78, 5) is 15.8. The molecule has 0 aromatic heterocycles. The molecule has 0 radical (unpaired) electrons. The van der Waals surface area contributed by atoms with Gasteiger partial charge in [-0.05, 0) is 33.0 Å². The molecule has 1 aromatic carbocycles. The molecule has 1 aliphatic heterocycles. The predicted molar refractivity (Wildman–Crippen MR) is 92.4 cm³/mol. The minimum absolute atomic E-state index is 0.0770. The number of carboxylic acid groups (broad SMARTS) is 1. The second kappa shape index (κ2) is 9.12. The minimum Gasteiger partial charge on any atom is -0.491 e. The molecule has 0 spiro atoms. The lowest BCUT2D eigenvalue weighted by molar-refractivity contribution is -0.143. The van der Waals surface area contributed by atoms with Crippen LogP contribution in [-0.4, -0.2) is 73.4 Å². The molecular formula is C18H27FN2O4. The van der Waals surface area contributed by atoms with Crippen molar-refractivity contribution in [3.8, 4) is 5.75 Å². The van der Waals surface area contributed by atoms with Crippen LogP contribution < -0.4 is 4.74 Å². The molecule has 2 rings (SSSR count). The smallest absolute Gasteiger partial charge is 0.325 e. The largest absolute Gasteiger partial charge is 0.491 e. The van der Waals surface area contributed by atoms with E-state index >= 15 is 0 Å². The fraction of sp³-hybridized carbons (Fsp3) is 0.611. The molecule has 1 aromatic rings. The summed E-state index contributed by atoms with van der Waals surface area (Å²) in [5, 5.41) is 9.72. The maximum atomic E-state index is 14.5. The number of carboxylic acids is 1. The fourth-order valence-corrected chi connectivity index (χ4v) is 2.92. The van der Waals surface area contributed by atoms with Crippen LogP contribution in [0.15, 0.2) is 18.2 Å². The first-order valence-electron chi connectivity index (χ1n) is 8.58. The Morgan fingerprint density at radius 3 is 2.68 bits per heavy atom. The molecule has 0 saturated carbocycles. The topological polar surface area (TPSA) is 62.2 Å². The Bertz CT molecular complexity index is 576. The fourth-order valence-electron chi connectivity index (χ4n) is 2.92. The van der Waals surface area contributed by atoms with Gasteiger partial charge in [0.05, 0.1) is 24.9 Å². The zero-order valence-corrected chi connectivity index (χ0v) is 15.1. The zero-order chi connectivity index (χ0) is 18.4. The van der Waals surface area contributed by atoms with Crippen LogP contribution >= 0.6 is 0 Å². The van der Waals surface area contributed by atoms with E-state index in [0.717, 1.165) is 13.1 Å². The van der Waals surface area contributed by atoms with Crippen LogP contribution in [0.25, 0.3) is 0 Å². The number of rotatable bonds is 8. The Morgan fingerprint density at radius 1 is 1.40 bits per heavy atom. The Balaban J connectivity index is 2.17. The van der Waals surface area contributed by atoms with Gasteiger partial charge in [-0.15, -0.1) is 0 Å². The van der Waals surface area contributed by atoms with Crippen molar-refractivity contribution in [3.05, 3.63) is 29.6 Å². The van der Waals surface area contributed by atoms with Crippen LogP contribution in [0.2, 0.25) is 0 Å². The molecule has 0 aliphatic carbocycles. The molecule has 0 bridgehead atoms. The Labute approximate surface area is 148 Å². The van der Waals surface area contributed by atoms with Crippen molar-refractivity contribution in [1.82, 2.24) is 9.80 Å². The second-order valence-corrected chi connectivity index (χ2v) is 6.49. The quantitative estimate of drug-likeness (QED) is 0.770. The monoisotopic (exact) mass is 354 g/mol. The van der Waals surface area contributed by atoms with E-state index in [1.807, 2.05) is 13.8 Å². The first kappa shape index (κ1) is 19.6. The third-order valence-electron chi connectivity index (χ3n) is 4.20. The standard InChI is InChI=1S/C18H27FN2O4/c1-13(2)25-15-6-4-5-14(19)16(15)17(18(22)23)20(3)7-8-21-9-11-24-12-10-21/h4-6,13,17H,7-12H2,1-3H3,(H,22,23). The number of aliphatic carboxylic acids is 1. The average Bonchev–Trinajstić information content (AvgIpc) is 2.56. The van der Waals surface area contributed by atoms with Crippen molar-refractivity contribution < 1.29 is 23.8 Å². The van der Waals surface area contributed by atoms with Crippen molar-refractivity contribution in [2.24, 2.45) is 0 Å². The van der Waals surface area contributed by atoms with Gasteiger partial charge in [0, 0.05) is 26.2 Å². The van der Waals surface area contributed by atoms with Crippen LogP contribution in [0.5, 0.6) is 5.75 Å². The molecule has 1 unspecified atom stereocenters. The second-order valence-electron chi connectivity index (χ2n) is 6.49.